The fraction of sp³-hybridized carbons (Fsp3) is 0.455. The molecule has 6 heteroatoms. The molecule has 4 nitrogen and oxygen atoms in total. The summed E-state index contributed by atoms with van der Waals surface area (Å²) in [5, 5.41) is 2.57. The van der Waals surface area contributed by atoms with Gasteiger partial charge in [-0.05, 0) is 49.1 Å². The minimum Gasteiger partial charge on any atom is -0.371 e. The van der Waals surface area contributed by atoms with Gasteiger partial charge in [0, 0.05) is 36.8 Å². The van der Waals surface area contributed by atoms with E-state index in [1.54, 1.807) is 0 Å². The van der Waals surface area contributed by atoms with E-state index in [1.807, 2.05) is 30.1 Å². The fourth-order valence-corrected chi connectivity index (χ4v) is 6.04. The van der Waals surface area contributed by atoms with Crippen molar-refractivity contribution >= 4 is 34.2 Å². The van der Waals surface area contributed by atoms with E-state index in [4.69, 9.17) is 16.6 Å². The second-order valence-electron chi connectivity index (χ2n) is 7.94. The molecule has 1 aromatic heterocycles. The van der Waals surface area contributed by atoms with Crippen LogP contribution >= 0.6 is 23.4 Å². The monoisotopic (exact) mass is 412 g/mol. The highest BCUT2D eigenvalue weighted by molar-refractivity contribution is 8.14. The van der Waals surface area contributed by atoms with Gasteiger partial charge in [0.05, 0.1) is 16.8 Å². The minimum absolute atomic E-state index is 0.00858. The molecule has 4 heterocycles. The van der Waals surface area contributed by atoms with Gasteiger partial charge < -0.3 is 9.80 Å². The van der Waals surface area contributed by atoms with Crippen molar-refractivity contribution in [1.29, 1.82) is 0 Å². The molecule has 146 valence electrons. The van der Waals surface area contributed by atoms with Crippen LogP contribution in [0, 0.1) is 6.92 Å². The van der Waals surface area contributed by atoms with Crippen molar-refractivity contribution in [3.8, 4) is 0 Å². The van der Waals surface area contributed by atoms with E-state index in [2.05, 4.69) is 46.8 Å². The smallest absolute Gasteiger partial charge is 0.160 e. The molecule has 1 aromatic carbocycles. The van der Waals surface area contributed by atoms with Crippen LogP contribution in [-0.2, 0) is 0 Å². The molecule has 2 fully saturated rings. The number of amidine groups is 1. The van der Waals surface area contributed by atoms with Crippen LogP contribution in [0.3, 0.4) is 0 Å². The Morgan fingerprint density at radius 1 is 1.14 bits per heavy atom. The largest absolute Gasteiger partial charge is 0.371 e. The Kier molecular flexibility index (Phi) is 4.76. The van der Waals surface area contributed by atoms with E-state index < -0.39 is 0 Å². The van der Waals surface area contributed by atoms with Crippen molar-refractivity contribution in [2.75, 3.05) is 24.5 Å². The molecule has 0 bridgehead atoms. The van der Waals surface area contributed by atoms with Crippen LogP contribution in [0.5, 0.6) is 0 Å². The summed E-state index contributed by atoms with van der Waals surface area (Å²) in [5.41, 5.74) is 4.66. The molecule has 3 atom stereocenters. The highest BCUT2D eigenvalue weighted by atomic mass is 35.5. The molecule has 0 spiro atoms. The SMILES string of the molecule is Cc1c(N2CCCC2)ccc(C2C(c3ccccn3)N=C3SC(C)CN32)c1Cl. The number of hydrogen-bond acceptors (Lipinski definition) is 5. The normalized spacial score (nSPS) is 26.7. The summed E-state index contributed by atoms with van der Waals surface area (Å²) in [6, 6.07) is 10.7. The molecule has 0 saturated carbocycles. The van der Waals surface area contributed by atoms with Gasteiger partial charge in [0.2, 0.25) is 0 Å². The summed E-state index contributed by atoms with van der Waals surface area (Å²) in [7, 11) is 0. The summed E-state index contributed by atoms with van der Waals surface area (Å²) in [6.45, 7) is 7.68. The number of benzene rings is 1. The number of thioether (sulfide) groups is 1. The highest BCUT2D eigenvalue weighted by Crippen LogP contribution is 2.50. The fourth-order valence-electron chi connectivity index (χ4n) is 4.68. The lowest BCUT2D eigenvalue weighted by Crippen LogP contribution is -2.29. The molecular weight excluding hydrogens is 388 g/mol. The predicted octanol–water partition coefficient (Wildman–Crippen LogP) is 5.23. The van der Waals surface area contributed by atoms with Gasteiger partial charge >= 0.3 is 0 Å². The quantitative estimate of drug-likeness (QED) is 0.690. The second-order valence-corrected chi connectivity index (χ2v) is 9.73. The lowest BCUT2D eigenvalue weighted by molar-refractivity contribution is 0.321. The first-order valence-corrected chi connectivity index (χ1v) is 11.3. The topological polar surface area (TPSA) is 31.7 Å². The average Bonchev–Trinajstić information content (AvgIpc) is 3.41. The van der Waals surface area contributed by atoms with Crippen LogP contribution in [0.4, 0.5) is 5.69 Å². The van der Waals surface area contributed by atoms with Crippen LogP contribution in [0.2, 0.25) is 5.02 Å². The van der Waals surface area contributed by atoms with Crippen molar-refractivity contribution in [3.63, 3.8) is 0 Å². The van der Waals surface area contributed by atoms with Gasteiger partial charge in [-0.3, -0.25) is 9.98 Å². The third-order valence-corrected chi connectivity index (χ3v) is 7.64. The highest BCUT2D eigenvalue weighted by Gasteiger charge is 2.44. The second kappa shape index (κ2) is 7.27. The molecule has 3 aliphatic heterocycles. The lowest BCUT2D eigenvalue weighted by atomic mass is 9.94. The number of aliphatic imine (C=N–C) groups is 1. The first kappa shape index (κ1) is 18.3. The first-order chi connectivity index (χ1) is 13.6. The summed E-state index contributed by atoms with van der Waals surface area (Å²) in [4.78, 5) is 14.6. The maximum absolute atomic E-state index is 7.00. The summed E-state index contributed by atoms with van der Waals surface area (Å²) in [5.74, 6) is 0. The number of nitrogens with zero attached hydrogens (tertiary/aromatic N) is 4. The molecule has 5 rings (SSSR count). The Morgan fingerprint density at radius 2 is 1.96 bits per heavy atom. The number of rotatable bonds is 3. The Hall–Kier alpha value is -1.72. The molecular formula is C22H25ClN4S. The van der Waals surface area contributed by atoms with E-state index in [9.17, 15) is 0 Å². The lowest BCUT2D eigenvalue weighted by Gasteiger charge is -2.30. The molecule has 2 saturated heterocycles. The molecule has 2 aromatic rings. The Labute approximate surface area is 176 Å². The zero-order valence-corrected chi connectivity index (χ0v) is 17.9. The van der Waals surface area contributed by atoms with Crippen LogP contribution in [0.25, 0.3) is 0 Å². The number of pyridine rings is 1. The Balaban J connectivity index is 1.57. The van der Waals surface area contributed by atoms with Gasteiger partial charge in [0.1, 0.15) is 6.04 Å². The summed E-state index contributed by atoms with van der Waals surface area (Å²) in [6.07, 6.45) is 4.39. The zero-order valence-electron chi connectivity index (χ0n) is 16.3. The van der Waals surface area contributed by atoms with E-state index in [1.165, 1.54) is 29.7 Å². The van der Waals surface area contributed by atoms with Gasteiger partial charge in [-0.1, -0.05) is 42.4 Å². The van der Waals surface area contributed by atoms with Gasteiger partial charge in [-0.25, -0.2) is 0 Å². The van der Waals surface area contributed by atoms with Gasteiger partial charge in [-0.15, -0.1) is 0 Å². The molecule has 0 aliphatic carbocycles. The number of halogens is 1. The zero-order chi connectivity index (χ0) is 19.3. The van der Waals surface area contributed by atoms with Crippen molar-refractivity contribution in [2.45, 2.75) is 44.0 Å². The van der Waals surface area contributed by atoms with Crippen molar-refractivity contribution in [2.24, 2.45) is 4.99 Å². The molecule has 3 unspecified atom stereocenters. The van der Waals surface area contributed by atoms with E-state index in [0.717, 1.165) is 35.5 Å². The molecule has 3 aliphatic rings. The van der Waals surface area contributed by atoms with E-state index in [0.29, 0.717) is 5.25 Å². The van der Waals surface area contributed by atoms with Crippen LogP contribution in [0.15, 0.2) is 41.5 Å². The van der Waals surface area contributed by atoms with Crippen molar-refractivity contribution in [3.05, 3.63) is 58.4 Å². The predicted molar refractivity (Wildman–Crippen MR) is 119 cm³/mol. The molecule has 0 amide bonds. The maximum atomic E-state index is 7.00. The van der Waals surface area contributed by atoms with Crippen LogP contribution in [0.1, 0.15) is 48.7 Å². The number of anilines is 1. The van der Waals surface area contributed by atoms with Crippen molar-refractivity contribution in [1.82, 2.24) is 9.88 Å². The number of hydrogen-bond donors (Lipinski definition) is 0. The Morgan fingerprint density at radius 3 is 2.71 bits per heavy atom. The van der Waals surface area contributed by atoms with Crippen LogP contribution < -0.4 is 4.90 Å². The standard InChI is InChI=1S/C22H25ClN4S/c1-14-13-27-21(20(25-22(27)28-14)17-7-3-4-10-24-17)16-8-9-18(15(2)19(16)23)26-11-5-6-12-26/h3-4,7-10,14,20-21H,5-6,11-13H2,1-2H3. The van der Waals surface area contributed by atoms with Gasteiger partial charge in [0.25, 0.3) is 0 Å². The van der Waals surface area contributed by atoms with E-state index >= 15 is 0 Å². The van der Waals surface area contributed by atoms with Crippen LogP contribution in [-0.4, -0.2) is 39.9 Å². The number of aromatic nitrogens is 1. The number of fused-ring (bicyclic) bond motifs is 1. The first-order valence-electron chi connectivity index (χ1n) is 10.1. The summed E-state index contributed by atoms with van der Waals surface area (Å²) < 4.78 is 0. The molecule has 0 radical (unpaired) electrons. The third-order valence-electron chi connectivity index (χ3n) is 6.03. The van der Waals surface area contributed by atoms with E-state index in [-0.39, 0.29) is 12.1 Å². The van der Waals surface area contributed by atoms with Crippen molar-refractivity contribution < 1.29 is 0 Å². The third kappa shape index (κ3) is 3.00. The average molecular weight is 413 g/mol. The molecule has 28 heavy (non-hydrogen) atoms. The molecule has 0 N–H and O–H groups in total. The maximum Gasteiger partial charge on any atom is 0.160 e. The Bertz CT molecular complexity index is 910. The van der Waals surface area contributed by atoms with Gasteiger partial charge in [-0.2, -0.15) is 0 Å². The minimum atomic E-state index is -0.00858. The summed E-state index contributed by atoms with van der Waals surface area (Å²) >= 11 is 8.87. The van der Waals surface area contributed by atoms with Gasteiger partial charge in [0.15, 0.2) is 5.17 Å².